The van der Waals surface area contributed by atoms with Crippen molar-refractivity contribution in [3.63, 3.8) is 0 Å². The Morgan fingerprint density at radius 1 is 1.24 bits per heavy atom. The molecule has 2 fully saturated rings. The molecule has 176 valence electrons. The van der Waals surface area contributed by atoms with E-state index in [1.165, 1.54) is 12.0 Å². The Kier molecular flexibility index (Phi) is 5.44. The van der Waals surface area contributed by atoms with Crippen LogP contribution in [0.15, 0.2) is 24.8 Å². The van der Waals surface area contributed by atoms with E-state index in [4.69, 9.17) is 9.47 Å². The van der Waals surface area contributed by atoms with Gasteiger partial charge in [0.2, 0.25) is 0 Å². The summed E-state index contributed by atoms with van der Waals surface area (Å²) in [7, 11) is 3.13. The zero-order valence-corrected chi connectivity index (χ0v) is 19.6. The first-order chi connectivity index (χ1) is 16.4. The van der Waals surface area contributed by atoms with Crippen LogP contribution in [0.3, 0.4) is 0 Å². The van der Waals surface area contributed by atoms with E-state index in [-0.39, 0.29) is 24.7 Å². The number of hydrogen-bond donors (Lipinski definition) is 1. The molecule has 2 saturated carbocycles. The van der Waals surface area contributed by atoms with Gasteiger partial charge in [-0.3, -0.25) is 14.7 Å². The van der Waals surface area contributed by atoms with Crippen molar-refractivity contribution in [1.29, 1.82) is 0 Å². The van der Waals surface area contributed by atoms with Crippen LogP contribution in [0.4, 0.5) is 15.4 Å². The Morgan fingerprint density at radius 2 is 1.94 bits per heavy atom. The molecule has 1 aliphatic heterocycles. The number of aryl methyl sites for hydroxylation is 1. The van der Waals surface area contributed by atoms with Crippen LogP contribution >= 0.6 is 0 Å². The SMILES string of the molecule is C=C1c2[nH]c(C#CCN(C)C(=O)Oc3ccc(C)cc3OC)nc2N(C2CC2)C(=O)N1C1CC1. The van der Waals surface area contributed by atoms with Crippen LogP contribution in [0.5, 0.6) is 11.5 Å². The zero-order valence-electron chi connectivity index (χ0n) is 19.6. The van der Waals surface area contributed by atoms with Crippen LogP contribution in [-0.2, 0) is 0 Å². The molecule has 34 heavy (non-hydrogen) atoms. The highest BCUT2D eigenvalue weighted by atomic mass is 16.6. The van der Waals surface area contributed by atoms with Gasteiger partial charge in [-0.1, -0.05) is 18.6 Å². The number of carbonyl (C=O) groups excluding carboxylic acids is 2. The first-order valence-corrected chi connectivity index (χ1v) is 11.4. The smallest absolute Gasteiger partial charge is 0.415 e. The number of imidazole rings is 1. The van der Waals surface area contributed by atoms with Gasteiger partial charge < -0.3 is 14.5 Å². The number of fused-ring (bicyclic) bond motifs is 1. The Hall–Kier alpha value is -3.93. The van der Waals surface area contributed by atoms with Crippen molar-refractivity contribution in [3.05, 3.63) is 41.9 Å². The molecule has 1 aromatic heterocycles. The highest BCUT2D eigenvalue weighted by molar-refractivity contribution is 6.04. The summed E-state index contributed by atoms with van der Waals surface area (Å²) in [6.45, 7) is 6.22. The number of carbonyl (C=O) groups is 2. The van der Waals surface area contributed by atoms with E-state index < -0.39 is 6.09 Å². The van der Waals surface area contributed by atoms with Gasteiger partial charge in [0, 0.05) is 19.1 Å². The summed E-state index contributed by atoms with van der Waals surface area (Å²) in [5.41, 5.74) is 2.39. The van der Waals surface area contributed by atoms with Crippen LogP contribution in [0.25, 0.3) is 5.70 Å². The van der Waals surface area contributed by atoms with E-state index in [1.807, 2.05) is 13.0 Å². The number of amides is 3. The Balaban J connectivity index is 1.29. The number of nitrogens with one attached hydrogen (secondary N) is 1. The maximum Gasteiger partial charge on any atom is 0.415 e. The molecule has 5 rings (SSSR count). The maximum absolute atomic E-state index is 13.1. The van der Waals surface area contributed by atoms with Crippen LogP contribution < -0.4 is 14.4 Å². The molecule has 2 heterocycles. The first-order valence-electron chi connectivity index (χ1n) is 11.4. The minimum atomic E-state index is -0.547. The summed E-state index contributed by atoms with van der Waals surface area (Å²) in [5, 5.41) is 0. The van der Waals surface area contributed by atoms with E-state index in [0.717, 1.165) is 36.9 Å². The van der Waals surface area contributed by atoms with Crippen molar-refractivity contribution >= 4 is 23.6 Å². The third-order valence-electron chi connectivity index (χ3n) is 6.08. The molecular weight excluding hydrogens is 434 g/mol. The number of anilines is 1. The van der Waals surface area contributed by atoms with Crippen LogP contribution in [-0.4, -0.2) is 64.7 Å². The summed E-state index contributed by atoms with van der Waals surface area (Å²) < 4.78 is 10.7. The van der Waals surface area contributed by atoms with Gasteiger partial charge in [0.15, 0.2) is 23.1 Å². The molecule has 0 spiro atoms. The third-order valence-corrected chi connectivity index (χ3v) is 6.08. The molecule has 0 saturated heterocycles. The van der Waals surface area contributed by atoms with E-state index >= 15 is 0 Å². The van der Waals surface area contributed by atoms with Crippen molar-refractivity contribution in [3.8, 4) is 23.3 Å². The van der Waals surface area contributed by atoms with Gasteiger partial charge in [0.1, 0.15) is 5.69 Å². The Morgan fingerprint density at radius 3 is 2.62 bits per heavy atom. The van der Waals surface area contributed by atoms with E-state index in [9.17, 15) is 9.59 Å². The molecule has 3 amide bonds. The number of aromatic amines is 1. The summed E-state index contributed by atoms with van der Waals surface area (Å²) in [6.07, 6.45) is 3.40. The zero-order chi connectivity index (χ0) is 24.0. The molecule has 9 heteroatoms. The lowest BCUT2D eigenvalue weighted by Crippen LogP contribution is -2.48. The molecule has 2 aliphatic carbocycles. The summed E-state index contributed by atoms with van der Waals surface area (Å²) in [6, 6.07) is 5.71. The number of nitrogens with zero attached hydrogens (tertiary/aromatic N) is 4. The van der Waals surface area contributed by atoms with Gasteiger partial charge in [0.25, 0.3) is 0 Å². The van der Waals surface area contributed by atoms with Gasteiger partial charge in [-0.25, -0.2) is 14.6 Å². The second-order valence-electron chi connectivity index (χ2n) is 8.90. The Labute approximate surface area is 198 Å². The fourth-order valence-electron chi connectivity index (χ4n) is 3.95. The predicted octanol–water partition coefficient (Wildman–Crippen LogP) is 3.75. The number of urea groups is 1. The van der Waals surface area contributed by atoms with E-state index in [0.29, 0.717) is 28.8 Å². The minimum Gasteiger partial charge on any atom is -0.493 e. The van der Waals surface area contributed by atoms with E-state index in [1.54, 1.807) is 29.0 Å². The summed E-state index contributed by atoms with van der Waals surface area (Å²) in [4.78, 5) is 38.3. The van der Waals surface area contributed by atoms with Crippen molar-refractivity contribution in [1.82, 2.24) is 19.8 Å². The predicted molar refractivity (Wildman–Crippen MR) is 127 cm³/mol. The molecule has 9 nitrogen and oxygen atoms in total. The first kappa shape index (κ1) is 21.9. The number of aromatic nitrogens is 2. The lowest BCUT2D eigenvalue weighted by molar-refractivity contribution is 0.166. The molecule has 0 atom stereocenters. The van der Waals surface area contributed by atoms with Crippen molar-refractivity contribution < 1.29 is 19.1 Å². The number of methoxy groups -OCH3 is 1. The molecule has 1 N–H and O–H groups in total. The van der Waals surface area contributed by atoms with Gasteiger partial charge in [-0.15, -0.1) is 0 Å². The topological polar surface area (TPSA) is 91.0 Å². The molecule has 3 aliphatic rings. The molecule has 0 radical (unpaired) electrons. The minimum absolute atomic E-state index is 0.0393. The highest BCUT2D eigenvalue weighted by Gasteiger charge is 2.47. The largest absolute Gasteiger partial charge is 0.493 e. The standard InChI is InChI=1S/C25H27N5O4/c1-15-7-12-19(20(14-15)33-4)34-25(32)28(3)13-5-6-21-26-22-16(2)29(17-8-9-17)24(31)30(18-10-11-18)23(22)27-21/h7,12,14,17-18H,2,8-11,13H2,1,3-4H3,(H,26,27). The summed E-state index contributed by atoms with van der Waals surface area (Å²) >= 11 is 0. The lowest BCUT2D eigenvalue weighted by Gasteiger charge is -2.35. The van der Waals surface area contributed by atoms with Gasteiger partial charge in [-0.2, -0.15) is 0 Å². The average molecular weight is 462 g/mol. The number of rotatable bonds is 5. The number of hydrogen-bond acceptors (Lipinski definition) is 5. The highest BCUT2D eigenvalue weighted by Crippen LogP contribution is 2.44. The second kappa shape index (κ2) is 8.45. The molecule has 0 unspecified atom stereocenters. The Bertz CT molecular complexity index is 1230. The van der Waals surface area contributed by atoms with Crippen LogP contribution in [0, 0.1) is 18.8 Å². The quantitative estimate of drug-likeness (QED) is 0.685. The number of H-pyrrole nitrogens is 1. The monoisotopic (exact) mass is 461 g/mol. The third kappa shape index (κ3) is 4.07. The molecule has 1 aromatic carbocycles. The van der Waals surface area contributed by atoms with Crippen molar-refractivity contribution in [2.45, 2.75) is 44.7 Å². The van der Waals surface area contributed by atoms with Crippen molar-refractivity contribution in [2.24, 2.45) is 0 Å². The maximum atomic E-state index is 13.1. The van der Waals surface area contributed by atoms with Gasteiger partial charge in [0.05, 0.1) is 19.4 Å². The average Bonchev–Trinajstić information content (AvgIpc) is 3.74. The fraction of sp³-hybridized carbons (Fsp3) is 0.400. The van der Waals surface area contributed by atoms with Crippen LogP contribution in [0.2, 0.25) is 0 Å². The van der Waals surface area contributed by atoms with Gasteiger partial charge >= 0.3 is 12.1 Å². The van der Waals surface area contributed by atoms with Gasteiger partial charge in [-0.05, 0) is 56.2 Å². The molecule has 0 bridgehead atoms. The number of ether oxygens (including phenoxy) is 2. The van der Waals surface area contributed by atoms with Crippen LogP contribution in [0.1, 0.15) is 42.8 Å². The molecular formula is C25H27N5O4. The van der Waals surface area contributed by atoms with E-state index in [2.05, 4.69) is 28.4 Å². The lowest BCUT2D eigenvalue weighted by atomic mass is 10.2. The molecule has 2 aromatic rings. The normalized spacial score (nSPS) is 17.1. The second-order valence-corrected chi connectivity index (χ2v) is 8.90. The fourth-order valence-corrected chi connectivity index (χ4v) is 3.95. The number of benzene rings is 1. The van der Waals surface area contributed by atoms with Crippen molar-refractivity contribution in [2.75, 3.05) is 25.6 Å². The summed E-state index contributed by atoms with van der Waals surface area (Å²) in [5.74, 6) is 7.79.